The van der Waals surface area contributed by atoms with Gasteiger partial charge in [0.25, 0.3) is 5.91 Å². The summed E-state index contributed by atoms with van der Waals surface area (Å²) in [5.74, 6) is 1.67. The van der Waals surface area contributed by atoms with Crippen LogP contribution in [0.25, 0.3) is 0 Å². The monoisotopic (exact) mass is 334 g/mol. The molecule has 5 heteroatoms. The molecule has 1 N–H and O–H groups in total. The van der Waals surface area contributed by atoms with E-state index in [4.69, 9.17) is 9.47 Å². The summed E-state index contributed by atoms with van der Waals surface area (Å²) in [6.07, 6.45) is -0.935. The highest BCUT2D eigenvalue weighted by atomic mass is 16.6. The van der Waals surface area contributed by atoms with E-state index in [0.717, 1.165) is 13.1 Å². The van der Waals surface area contributed by atoms with Crippen molar-refractivity contribution in [3.05, 3.63) is 24.3 Å². The molecular weight excluding hydrogens is 304 g/mol. The normalized spacial score (nSPS) is 21.0. The van der Waals surface area contributed by atoms with Crippen molar-refractivity contribution in [1.82, 2.24) is 10.2 Å². The quantitative estimate of drug-likeness (QED) is 0.833. The molecule has 3 atom stereocenters. The molecule has 1 aromatic rings. The number of rotatable bonds is 7. The number of hydrogen-bond acceptors (Lipinski definition) is 4. The van der Waals surface area contributed by atoms with Crippen LogP contribution in [-0.2, 0) is 4.79 Å². The largest absolute Gasteiger partial charge is 0.482 e. The molecule has 3 unspecified atom stereocenters. The molecule has 1 aliphatic rings. The van der Waals surface area contributed by atoms with Gasteiger partial charge < -0.3 is 14.8 Å². The first kappa shape index (κ1) is 18.6. The van der Waals surface area contributed by atoms with Crippen molar-refractivity contribution in [2.24, 2.45) is 5.92 Å². The van der Waals surface area contributed by atoms with Gasteiger partial charge in [-0.3, -0.25) is 9.69 Å². The van der Waals surface area contributed by atoms with Crippen LogP contribution in [0.3, 0.4) is 0 Å². The second kappa shape index (κ2) is 8.38. The molecule has 1 heterocycles. The maximum Gasteiger partial charge on any atom is 0.265 e. The Hall–Kier alpha value is -1.75. The molecule has 1 aromatic carbocycles. The Morgan fingerprint density at radius 2 is 1.75 bits per heavy atom. The highest BCUT2D eigenvalue weighted by Crippen LogP contribution is 2.33. The Balaban J connectivity index is 1.99. The predicted molar refractivity (Wildman–Crippen MR) is 95.5 cm³/mol. The van der Waals surface area contributed by atoms with Gasteiger partial charge in [-0.05, 0) is 38.1 Å². The molecule has 0 spiro atoms. The van der Waals surface area contributed by atoms with Gasteiger partial charge in [-0.2, -0.15) is 0 Å². The minimum Gasteiger partial charge on any atom is -0.482 e. The SMILES string of the molecule is CCN(CC)C(CNC(=O)C1Oc2ccccc2OC1C)C(C)C. The number of para-hydroxylation sites is 2. The fourth-order valence-corrected chi connectivity index (χ4v) is 3.19. The number of carbonyl (C=O) groups is 1. The molecule has 134 valence electrons. The summed E-state index contributed by atoms with van der Waals surface area (Å²) < 4.78 is 11.7. The van der Waals surface area contributed by atoms with Crippen LogP contribution in [0.4, 0.5) is 0 Å². The molecule has 0 radical (unpaired) electrons. The van der Waals surface area contributed by atoms with Crippen molar-refractivity contribution in [2.45, 2.75) is 52.9 Å². The molecule has 0 bridgehead atoms. The van der Waals surface area contributed by atoms with E-state index in [9.17, 15) is 4.79 Å². The van der Waals surface area contributed by atoms with Gasteiger partial charge in [-0.25, -0.2) is 0 Å². The first-order valence-corrected chi connectivity index (χ1v) is 8.92. The van der Waals surface area contributed by atoms with Gasteiger partial charge in [0.1, 0.15) is 6.10 Å². The number of benzene rings is 1. The zero-order valence-corrected chi connectivity index (χ0v) is 15.4. The van der Waals surface area contributed by atoms with Crippen LogP contribution in [0.15, 0.2) is 24.3 Å². The Morgan fingerprint density at radius 1 is 1.17 bits per heavy atom. The number of ether oxygens (including phenoxy) is 2. The lowest BCUT2D eigenvalue weighted by Gasteiger charge is -2.34. The summed E-state index contributed by atoms with van der Waals surface area (Å²) in [5.41, 5.74) is 0. The number of carbonyl (C=O) groups excluding carboxylic acids is 1. The second-order valence-electron chi connectivity index (χ2n) is 6.59. The summed E-state index contributed by atoms with van der Waals surface area (Å²) >= 11 is 0. The minimum absolute atomic E-state index is 0.116. The van der Waals surface area contributed by atoms with Crippen molar-refractivity contribution in [1.29, 1.82) is 0 Å². The number of likely N-dealkylation sites (N-methyl/N-ethyl adjacent to an activating group) is 1. The highest BCUT2D eigenvalue weighted by Gasteiger charge is 2.34. The van der Waals surface area contributed by atoms with Gasteiger partial charge in [0, 0.05) is 12.6 Å². The Morgan fingerprint density at radius 3 is 2.29 bits per heavy atom. The third-order valence-corrected chi connectivity index (χ3v) is 4.64. The Labute approximate surface area is 145 Å². The lowest BCUT2D eigenvalue weighted by Crippen LogP contribution is -2.53. The fraction of sp³-hybridized carbons (Fsp3) is 0.632. The first-order valence-electron chi connectivity index (χ1n) is 8.92. The zero-order chi connectivity index (χ0) is 17.7. The van der Waals surface area contributed by atoms with Crippen molar-refractivity contribution in [2.75, 3.05) is 19.6 Å². The number of fused-ring (bicyclic) bond motifs is 1. The first-order chi connectivity index (χ1) is 11.5. The molecular formula is C19H30N2O3. The summed E-state index contributed by atoms with van der Waals surface area (Å²) in [5, 5.41) is 3.06. The average Bonchev–Trinajstić information content (AvgIpc) is 2.57. The van der Waals surface area contributed by atoms with E-state index in [1.165, 1.54) is 0 Å². The molecule has 5 nitrogen and oxygen atoms in total. The molecule has 0 saturated heterocycles. The van der Waals surface area contributed by atoms with Gasteiger partial charge in [0.05, 0.1) is 0 Å². The van der Waals surface area contributed by atoms with Gasteiger partial charge in [0.2, 0.25) is 6.10 Å². The van der Waals surface area contributed by atoms with E-state index < -0.39 is 6.10 Å². The van der Waals surface area contributed by atoms with E-state index in [-0.39, 0.29) is 12.0 Å². The number of nitrogens with one attached hydrogen (secondary N) is 1. The number of nitrogens with zero attached hydrogens (tertiary/aromatic N) is 1. The van der Waals surface area contributed by atoms with Crippen LogP contribution in [0, 0.1) is 5.92 Å². The van der Waals surface area contributed by atoms with Crippen LogP contribution in [0.1, 0.15) is 34.6 Å². The van der Waals surface area contributed by atoms with Gasteiger partial charge in [0.15, 0.2) is 11.5 Å². The molecule has 0 fully saturated rings. The fourth-order valence-electron chi connectivity index (χ4n) is 3.19. The molecule has 0 saturated carbocycles. The minimum atomic E-state index is -0.621. The second-order valence-corrected chi connectivity index (χ2v) is 6.59. The van der Waals surface area contributed by atoms with Crippen molar-refractivity contribution >= 4 is 5.91 Å². The van der Waals surface area contributed by atoms with Crippen LogP contribution in [-0.4, -0.2) is 48.7 Å². The molecule has 0 aliphatic carbocycles. The average molecular weight is 334 g/mol. The zero-order valence-electron chi connectivity index (χ0n) is 15.4. The lowest BCUT2D eigenvalue weighted by atomic mass is 10.0. The van der Waals surface area contributed by atoms with E-state index in [2.05, 4.69) is 37.9 Å². The van der Waals surface area contributed by atoms with Crippen LogP contribution in [0.2, 0.25) is 0 Å². The Kier molecular flexibility index (Phi) is 6.49. The van der Waals surface area contributed by atoms with Crippen molar-refractivity contribution < 1.29 is 14.3 Å². The molecule has 1 amide bonds. The van der Waals surface area contributed by atoms with E-state index >= 15 is 0 Å². The van der Waals surface area contributed by atoms with Gasteiger partial charge in [-0.15, -0.1) is 0 Å². The summed E-state index contributed by atoms with van der Waals surface area (Å²) in [6.45, 7) is 13.1. The van der Waals surface area contributed by atoms with Crippen molar-refractivity contribution in [3.8, 4) is 11.5 Å². The standard InChI is InChI=1S/C19H30N2O3/c1-6-21(7-2)15(13(3)4)12-20-19(22)18-14(5)23-16-10-8-9-11-17(16)24-18/h8-11,13-15,18H,6-7,12H2,1-5H3,(H,20,22). The van der Waals surface area contributed by atoms with E-state index in [1.54, 1.807) is 0 Å². The molecule has 0 aromatic heterocycles. The van der Waals surface area contributed by atoms with E-state index in [1.807, 2.05) is 31.2 Å². The topological polar surface area (TPSA) is 50.8 Å². The van der Waals surface area contributed by atoms with Crippen LogP contribution >= 0.6 is 0 Å². The molecule has 1 aliphatic heterocycles. The highest BCUT2D eigenvalue weighted by molar-refractivity contribution is 5.82. The third-order valence-electron chi connectivity index (χ3n) is 4.64. The van der Waals surface area contributed by atoms with Crippen LogP contribution < -0.4 is 14.8 Å². The van der Waals surface area contributed by atoms with Gasteiger partial charge in [-0.1, -0.05) is 39.8 Å². The maximum absolute atomic E-state index is 12.6. The predicted octanol–water partition coefficient (Wildman–Crippen LogP) is 2.70. The molecule has 2 rings (SSSR count). The van der Waals surface area contributed by atoms with Crippen molar-refractivity contribution in [3.63, 3.8) is 0 Å². The van der Waals surface area contributed by atoms with Gasteiger partial charge >= 0.3 is 0 Å². The van der Waals surface area contributed by atoms with Crippen LogP contribution in [0.5, 0.6) is 11.5 Å². The lowest BCUT2D eigenvalue weighted by molar-refractivity contribution is -0.133. The summed E-state index contributed by atoms with van der Waals surface area (Å²) in [6, 6.07) is 7.77. The third kappa shape index (κ3) is 4.20. The smallest absolute Gasteiger partial charge is 0.265 e. The number of hydrogen-bond donors (Lipinski definition) is 1. The number of amides is 1. The maximum atomic E-state index is 12.6. The Bertz CT molecular complexity index is 543. The molecule has 24 heavy (non-hydrogen) atoms. The summed E-state index contributed by atoms with van der Waals surface area (Å²) in [7, 11) is 0. The van der Waals surface area contributed by atoms with E-state index in [0.29, 0.717) is 30.0 Å². The summed E-state index contributed by atoms with van der Waals surface area (Å²) in [4.78, 5) is 15.0.